The van der Waals surface area contributed by atoms with Crippen molar-refractivity contribution in [2.24, 2.45) is 11.8 Å². The van der Waals surface area contributed by atoms with E-state index in [-0.39, 0.29) is 5.41 Å². The van der Waals surface area contributed by atoms with Gasteiger partial charge in [-0.15, -0.1) is 0 Å². The van der Waals surface area contributed by atoms with Crippen LogP contribution in [-0.4, -0.2) is 13.7 Å². The first-order chi connectivity index (χ1) is 8.53. The normalized spacial score (nSPS) is 29.6. The number of nitrogens with one attached hydrogen (secondary N) is 1. The lowest BCUT2D eigenvalue weighted by Crippen LogP contribution is -2.21. The van der Waals surface area contributed by atoms with Crippen LogP contribution in [-0.2, 0) is 5.41 Å². The number of fused-ring (bicyclic) bond motifs is 1. The number of benzene rings is 1. The summed E-state index contributed by atoms with van der Waals surface area (Å²) in [4.78, 5) is 0. The fourth-order valence-electron chi connectivity index (χ4n) is 3.18. The summed E-state index contributed by atoms with van der Waals surface area (Å²) in [6, 6.07) is 7.24. The van der Waals surface area contributed by atoms with Gasteiger partial charge in [-0.25, -0.2) is 0 Å². The lowest BCUT2D eigenvalue weighted by Gasteiger charge is -2.20. The Bertz CT molecular complexity index is 466. The maximum Gasteiger partial charge on any atom is 0.123 e. The molecule has 1 aliphatic heterocycles. The smallest absolute Gasteiger partial charge is 0.123 e. The second kappa shape index (κ2) is 3.99. The summed E-state index contributed by atoms with van der Waals surface area (Å²) in [6.07, 6.45) is 1.35. The van der Waals surface area contributed by atoms with Crippen LogP contribution in [0, 0.1) is 11.8 Å². The fraction of sp³-hybridized carbons (Fsp3) is 0.625. The van der Waals surface area contributed by atoms with E-state index in [1.54, 1.807) is 0 Å². The Morgan fingerprint density at radius 2 is 2.11 bits per heavy atom. The van der Waals surface area contributed by atoms with Gasteiger partial charge in [-0.1, -0.05) is 26.8 Å². The minimum Gasteiger partial charge on any atom is -0.492 e. The van der Waals surface area contributed by atoms with Crippen molar-refractivity contribution < 1.29 is 4.74 Å². The first-order valence-electron chi connectivity index (χ1n) is 6.97. The summed E-state index contributed by atoms with van der Waals surface area (Å²) in [5.74, 6) is 2.74. The number of rotatable bonds is 3. The number of hydrogen-bond acceptors (Lipinski definition) is 2. The Morgan fingerprint density at radius 1 is 1.39 bits per heavy atom. The van der Waals surface area contributed by atoms with Crippen molar-refractivity contribution in [1.82, 2.24) is 5.32 Å². The predicted octanol–water partition coefficient (Wildman–Crippen LogP) is 3.27. The van der Waals surface area contributed by atoms with Crippen LogP contribution in [0.2, 0.25) is 0 Å². The van der Waals surface area contributed by atoms with Crippen molar-refractivity contribution in [1.29, 1.82) is 0 Å². The van der Waals surface area contributed by atoms with Crippen LogP contribution in [0.1, 0.15) is 44.4 Å². The largest absolute Gasteiger partial charge is 0.492 e. The molecule has 0 saturated heterocycles. The molecule has 0 bridgehead atoms. The van der Waals surface area contributed by atoms with Gasteiger partial charge in [0.1, 0.15) is 5.75 Å². The summed E-state index contributed by atoms with van der Waals surface area (Å²) in [5.41, 5.74) is 2.94. The van der Waals surface area contributed by atoms with E-state index in [2.05, 4.69) is 51.3 Å². The first-order valence-corrected chi connectivity index (χ1v) is 6.97. The summed E-state index contributed by atoms with van der Waals surface area (Å²) in [5, 5.41) is 3.49. The summed E-state index contributed by atoms with van der Waals surface area (Å²) in [6.45, 7) is 7.67. The molecule has 3 unspecified atom stereocenters. The Morgan fingerprint density at radius 3 is 2.72 bits per heavy atom. The standard InChI is InChI=1S/C16H23NO/c1-10-7-12(10)15(17-4)11-5-6-14-13(8-11)16(2,3)9-18-14/h5-6,8,10,12,15,17H,7,9H2,1-4H3. The highest BCUT2D eigenvalue weighted by Gasteiger charge is 2.40. The topological polar surface area (TPSA) is 21.3 Å². The van der Waals surface area contributed by atoms with Gasteiger partial charge in [0.05, 0.1) is 6.61 Å². The van der Waals surface area contributed by atoms with E-state index in [1.807, 2.05) is 0 Å². The van der Waals surface area contributed by atoms with E-state index in [0.29, 0.717) is 6.04 Å². The van der Waals surface area contributed by atoms with Gasteiger partial charge in [-0.3, -0.25) is 0 Å². The molecular formula is C16H23NO. The minimum atomic E-state index is 0.152. The maximum absolute atomic E-state index is 5.76. The molecule has 0 radical (unpaired) electrons. The highest BCUT2D eigenvalue weighted by atomic mass is 16.5. The molecule has 1 aromatic rings. The minimum absolute atomic E-state index is 0.152. The van der Waals surface area contributed by atoms with Crippen LogP contribution in [0.4, 0.5) is 0 Å². The maximum atomic E-state index is 5.76. The average molecular weight is 245 g/mol. The Hall–Kier alpha value is -1.02. The summed E-state index contributed by atoms with van der Waals surface area (Å²) in [7, 11) is 2.07. The predicted molar refractivity (Wildman–Crippen MR) is 74.0 cm³/mol. The molecule has 2 nitrogen and oxygen atoms in total. The molecule has 0 amide bonds. The zero-order valence-electron chi connectivity index (χ0n) is 11.8. The third-order valence-electron chi connectivity index (χ3n) is 4.59. The van der Waals surface area contributed by atoms with Crippen LogP contribution >= 0.6 is 0 Å². The molecule has 3 atom stereocenters. The van der Waals surface area contributed by atoms with Crippen molar-refractivity contribution >= 4 is 0 Å². The molecule has 1 heterocycles. The van der Waals surface area contributed by atoms with Gasteiger partial charge in [0.15, 0.2) is 0 Å². The molecule has 1 saturated carbocycles. The third kappa shape index (κ3) is 1.83. The monoisotopic (exact) mass is 245 g/mol. The van der Waals surface area contributed by atoms with E-state index in [4.69, 9.17) is 4.74 Å². The van der Waals surface area contributed by atoms with Gasteiger partial charge in [0, 0.05) is 17.0 Å². The van der Waals surface area contributed by atoms with Crippen LogP contribution in [0.25, 0.3) is 0 Å². The molecule has 2 aliphatic rings. The van der Waals surface area contributed by atoms with Crippen molar-refractivity contribution in [3.05, 3.63) is 29.3 Å². The molecule has 1 aliphatic carbocycles. The molecule has 1 N–H and O–H groups in total. The molecule has 98 valence electrons. The highest BCUT2D eigenvalue weighted by molar-refractivity contribution is 5.46. The quantitative estimate of drug-likeness (QED) is 0.882. The number of hydrogen-bond donors (Lipinski definition) is 1. The van der Waals surface area contributed by atoms with Crippen molar-refractivity contribution in [2.75, 3.05) is 13.7 Å². The van der Waals surface area contributed by atoms with Gasteiger partial charge in [0.2, 0.25) is 0 Å². The van der Waals surface area contributed by atoms with Crippen molar-refractivity contribution in [3.8, 4) is 5.75 Å². The molecule has 1 fully saturated rings. The third-order valence-corrected chi connectivity index (χ3v) is 4.59. The zero-order chi connectivity index (χ0) is 12.9. The van der Waals surface area contributed by atoms with Gasteiger partial charge >= 0.3 is 0 Å². The molecule has 0 aromatic heterocycles. The molecule has 1 aromatic carbocycles. The zero-order valence-corrected chi connectivity index (χ0v) is 11.8. The Balaban J connectivity index is 1.94. The van der Waals surface area contributed by atoms with Gasteiger partial charge < -0.3 is 10.1 Å². The number of ether oxygens (including phenoxy) is 1. The second-order valence-corrected chi connectivity index (χ2v) is 6.57. The van der Waals surface area contributed by atoms with Gasteiger partial charge in [-0.05, 0) is 43.0 Å². The van der Waals surface area contributed by atoms with Gasteiger partial charge in [0.25, 0.3) is 0 Å². The van der Waals surface area contributed by atoms with Crippen LogP contribution in [0.3, 0.4) is 0 Å². The molecule has 0 spiro atoms. The lowest BCUT2D eigenvalue weighted by molar-refractivity contribution is 0.291. The van der Waals surface area contributed by atoms with E-state index in [1.165, 1.54) is 17.5 Å². The highest BCUT2D eigenvalue weighted by Crippen LogP contribution is 2.48. The molecule has 2 heteroatoms. The van der Waals surface area contributed by atoms with E-state index >= 15 is 0 Å². The summed E-state index contributed by atoms with van der Waals surface area (Å²) >= 11 is 0. The molecule has 3 rings (SSSR count). The van der Waals surface area contributed by atoms with Crippen molar-refractivity contribution in [2.45, 2.75) is 38.6 Å². The SMILES string of the molecule is CNC(c1ccc2c(c1)C(C)(C)CO2)C1CC1C. The van der Waals surface area contributed by atoms with E-state index in [0.717, 1.165) is 24.2 Å². The fourth-order valence-corrected chi connectivity index (χ4v) is 3.18. The van der Waals surface area contributed by atoms with Crippen LogP contribution < -0.4 is 10.1 Å². The molecule has 18 heavy (non-hydrogen) atoms. The van der Waals surface area contributed by atoms with Gasteiger partial charge in [-0.2, -0.15) is 0 Å². The Kier molecular flexibility index (Phi) is 2.67. The summed E-state index contributed by atoms with van der Waals surface area (Å²) < 4.78 is 5.76. The van der Waals surface area contributed by atoms with E-state index in [9.17, 15) is 0 Å². The van der Waals surface area contributed by atoms with E-state index < -0.39 is 0 Å². The second-order valence-electron chi connectivity index (χ2n) is 6.57. The molecular weight excluding hydrogens is 222 g/mol. The van der Waals surface area contributed by atoms with Crippen molar-refractivity contribution in [3.63, 3.8) is 0 Å². The average Bonchev–Trinajstić information content (AvgIpc) is 2.96. The lowest BCUT2D eigenvalue weighted by atomic mass is 9.85. The first kappa shape index (κ1) is 12.0. The Labute approximate surface area is 110 Å². The van der Waals surface area contributed by atoms with Crippen LogP contribution in [0.5, 0.6) is 5.75 Å². The van der Waals surface area contributed by atoms with Crippen LogP contribution in [0.15, 0.2) is 18.2 Å².